The number of rotatable bonds is 5. The number of hydrogen-bond acceptors (Lipinski definition) is 2. The molecule has 1 aromatic heterocycles. The number of carboxylic acids is 1. The molecule has 0 fully saturated rings. The number of hydrogen-bond donors (Lipinski definition) is 1. The maximum absolute atomic E-state index is 13.9. The van der Waals surface area contributed by atoms with Crippen LogP contribution in [0.15, 0.2) is 45.7 Å². The van der Waals surface area contributed by atoms with Gasteiger partial charge >= 0.3 is 5.97 Å². The Morgan fingerprint density at radius 1 is 1.09 bits per heavy atom. The van der Waals surface area contributed by atoms with E-state index in [-0.39, 0.29) is 0 Å². The minimum atomic E-state index is -1.05. The van der Waals surface area contributed by atoms with Crippen molar-refractivity contribution in [3.05, 3.63) is 63.9 Å². The minimum absolute atomic E-state index is 0.412. The van der Waals surface area contributed by atoms with Crippen molar-refractivity contribution < 1.29 is 18.7 Å². The summed E-state index contributed by atoms with van der Waals surface area (Å²) in [6.45, 7) is 8.98. The normalized spacial score (nSPS) is 14.0. The standard InChI is InChI=1S/C18H21FO3/c1-11(10-18(20)21)6-9-17(19)12(2)7-8-16-13(3)14(4)22-15(16)5/h6-10H,1-5H3,(H,20,21). The first-order chi connectivity index (χ1) is 10.2. The van der Waals surface area contributed by atoms with Crippen LogP contribution in [-0.4, -0.2) is 11.1 Å². The van der Waals surface area contributed by atoms with Crippen LogP contribution < -0.4 is 0 Å². The zero-order valence-electron chi connectivity index (χ0n) is 13.5. The van der Waals surface area contributed by atoms with Crippen LogP contribution in [0.2, 0.25) is 0 Å². The zero-order chi connectivity index (χ0) is 16.9. The summed E-state index contributed by atoms with van der Waals surface area (Å²) in [4.78, 5) is 10.5. The van der Waals surface area contributed by atoms with Gasteiger partial charge in [-0.3, -0.25) is 0 Å². The van der Waals surface area contributed by atoms with E-state index in [2.05, 4.69) is 0 Å². The first-order valence-corrected chi connectivity index (χ1v) is 6.92. The molecule has 0 aliphatic heterocycles. The van der Waals surface area contributed by atoms with E-state index in [9.17, 15) is 9.18 Å². The van der Waals surface area contributed by atoms with Crippen molar-refractivity contribution in [3.8, 4) is 0 Å². The third-order valence-corrected chi connectivity index (χ3v) is 3.34. The van der Waals surface area contributed by atoms with E-state index in [0.29, 0.717) is 11.1 Å². The molecule has 0 atom stereocenters. The second-order valence-corrected chi connectivity index (χ2v) is 5.18. The first kappa shape index (κ1) is 17.7. The Balaban J connectivity index is 2.94. The predicted octanol–water partition coefficient (Wildman–Crippen LogP) is 5.05. The van der Waals surface area contributed by atoms with Crippen LogP contribution in [0, 0.1) is 20.8 Å². The molecule has 0 bridgehead atoms. The van der Waals surface area contributed by atoms with E-state index in [1.54, 1.807) is 19.9 Å². The lowest BCUT2D eigenvalue weighted by Gasteiger charge is -1.96. The highest BCUT2D eigenvalue weighted by molar-refractivity contribution is 5.81. The summed E-state index contributed by atoms with van der Waals surface area (Å²) in [6, 6.07) is 0. The van der Waals surface area contributed by atoms with Gasteiger partial charge in [-0.1, -0.05) is 18.2 Å². The molecule has 0 saturated carbocycles. The summed E-state index contributed by atoms with van der Waals surface area (Å²) in [5, 5.41) is 8.59. The Morgan fingerprint density at radius 2 is 1.73 bits per heavy atom. The van der Waals surface area contributed by atoms with Crippen molar-refractivity contribution in [3.63, 3.8) is 0 Å². The van der Waals surface area contributed by atoms with Crippen LogP contribution in [0.25, 0.3) is 6.08 Å². The van der Waals surface area contributed by atoms with Crippen molar-refractivity contribution >= 4 is 12.0 Å². The molecule has 3 nitrogen and oxygen atoms in total. The molecule has 1 heterocycles. The van der Waals surface area contributed by atoms with Gasteiger partial charge in [0.1, 0.15) is 17.3 Å². The van der Waals surface area contributed by atoms with Gasteiger partial charge in [0.2, 0.25) is 0 Å². The average molecular weight is 304 g/mol. The van der Waals surface area contributed by atoms with Crippen LogP contribution in [0.4, 0.5) is 4.39 Å². The number of carbonyl (C=O) groups is 1. The molecule has 0 aromatic carbocycles. The topological polar surface area (TPSA) is 50.4 Å². The molecule has 0 radical (unpaired) electrons. The second kappa shape index (κ2) is 7.59. The number of furan rings is 1. The predicted molar refractivity (Wildman–Crippen MR) is 86.3 cm³/mol. The monoisotopic (exact) mass is 304 g/mol. The number of allylic oxidation sites excluding steroid dienone is 6. The lowest BCUT2D eigenvalue weighted by atomic mass is 10.1. The smallest absolute Gasteiger partial charge is 0.328 e. The molecule has 118 valence electrons. The Bertz CT molecular complexity index is 685. The third kappa shape index (κ3) is 4.88. The lowest BCUT2D eigenvalue weighted by Crippen LogP contribution is -1.88. The van der Waals surface area contributed by atoms with Gasteiger partial charge in [0.15, 0.2) is 0 Å². The molecule has 1 aromatic rings. The fourth-order valence-corrected chi connectivity index (χ4v) is 1.92. The quantitative estimate of drug-likeness (QED) is 0.612. The van der Waals surface area contributed by atoms with Crippen molar-refractivity contribution in [1.82, 2.24) is 0 Å². The van der Waals surface area contributed by atoms with Crippen LogP contribution in [-0.2, 0) is 4.79 Å². The van der Waals surface area contributed by atoms with Crippen LogP contribution >= 0.6 is 0 Å². The van der Waals surface area contributed by atoms with Gasteiger partial charge < -0.3 is 9.52 Å². The maximum Gasteiger partial charge on any atom is 0.328 e. The Labute approximate surface area is 130 Å². The van der Waals surface area contributed by atoms with Crippen LogP contribution in [0.3, 0.4) is 0 Å². The van der Waals surface area contributed by atoms with E-state index in [1.165, 1.54) is 12.2 Å². The minimum Gasteiger partial charge on any atom is -0.478 e. The van der Waals surface area contributed by atoms with E-state index < -0.39 is 11.8 Å². The molecule has 0 amide bonds. The van der Waals surface area contributed by atoms with Crippen molar-refractivity contribution in [2.75, 3.05) is 0 Å². The molecule has 0 unspecified atom stereocenters. The summed E-state index contributed by atoms with van der Waals surface area (Å²) in [5.41, 5.74) is 2.92. The lowest BCUT2D eigenvalue weighted by molar-refractivity contribution is -0.131. The first-order valence-electron chi connectivity index (χ1n) is 6.92. The van der Waals surface area contributed by atoms with Crippen molar-refractivity contribution in [2.45, 2.75) is 34.6 Å². The molecular weight excluding hydrogens is 283 g/mol. The maximum atomic E-state index is 13.9. The zero-order valence-corrected chi connectivity index (χ0v) is 13.5. The summed E-state index contributed by atoms with van der Waals surface area (Å²) in [5.74, 6) is 0.193. The van der Waals surface area contributed by atoms with Gasteiger partial charge in [-0.2, -0.15) is 0 Å². The molecule has 22 heavy (non-hydrogen) atoms. The Kier molecular flexibility index (Phi) is 6.11. The molecule has 1 N–H and O–H groups in total. The van der Waals surface area contributed by atoms with E-state index >= 15 is 0 Å². The Morgan fingerprint density at radius 3 is 2.23 bits per heavy atom. The van der Waals surface area contributed by atoms with Crippen LogP contribution in [0.5, 0.6) is 0 Å². The number of aryl methyl sites for hydroxylation is 2. The van der Waals surface area contributed by atoms with Gasteiger partial charge in [0.25, 0.3) is 0 Å². The SMILES string of the molecule is CC(C=CC(F)=C(C)C=Cc1c(C)oc(C)c1C)=CC(=O)O. The fraction of sp³-hybridized carbons (Fsp3) is 0.278. The van der Waals surface area contributed by atoms with Crippen LogP contribution in [0.1, 0.15) is 36.5 Å². The highest BCUT2D eigenvalue weighted by Gasteiger charge is 2.07. The molecule has 0 aliphatic rings. The highest BCUT2D eigenvalue weighted by atomic mass is 19.1. The molecule has 0 aliphatic carbocycles. The third-order valence-electron chi connectivity index (χ3n) is 3.34. The fourth-order valence-electron chi connectivity index (χ4n) is 1.92. The Hall–Kier alpha value is -2.36. The number of carboxylic acid groups (broad SMARTS) is 1. The van der Waals surface area contributed by atoms with E-state index in [0.717, 1.165) is 28.7 Å². The summed E-state index contributed by atoms with van der Waals surface area (Å²) in [6.07, 6.45) is 7.22. The summed E-state index contributed by atoms with van der Waals surface area (Å²) >= 11 is 0. The van der Waals surface area contributed by atoms with Gasteiger partial charge in [0, 0.05) is 11.6 Å². The molecular formula is C18H21FO3. The van der Waals surface area contributed by atoms with Gasteiger partial charge in [-0.05, 0) is 57.4 Å². The largest absolute Gasteiger partial charge is 0.478 e. The highest BCUT2D eigenvalue weighted by Crippen LogP contribution is 2.23. The summed E-state index contributed by atoms with van der Waals surface area (Å²) < 4.78 is 19.5. The molecule has 1 rings (SSSR count). The molecule has 0 spiro atoms. The van der Waals surface area contributed by atoms with Gasteiger partial charge in [0.05, 0.1) is 0 Å². The van der Waals surface area contributed by atoms with Gasteiger partial charge in [-0.25, -0.2) is 9.18 Å². The number of halogens is 1. The molecule has 4 heteroatoms. The van der Waals surface area contributed by atoms with E-state index in [4.69, 9.17) is 9.52 Å². The second-order valence-electron chi connectivity index (χ2n) is 5.18. The average Bonchev–Trinajstić information content (AvgIpc) is 2.66. The van der Waals surface area contributed by atoms with E-state index in [1.807, 2.05) is 26.8 Å². The van der Waals surface area contributed by atoms with Crippen molar-refractivity contribution in [1.29, 1.82) is 0 Å². The van der Waals surface area contributed by atoms with Crippen molar-refractivity contribution in [2.24, 2.45) is 0 Å². The summed E-state index contributed by atoms with van der Waals surface area (Å²) in [7, 11) is 0. The molecule has 0 saturated heterocycles. The number of aliphatic carboxylic acids is 1. The van der Waals surface area contributed by atoms with Gasteiger partial charge in [-0.15, -0.1) is 0 Å².